The molecular weight excluding hydrogens is 180 g/mol. The fourth-order valence-corrected chi connectivity index (χ4v) is 1.70. The Balaban J connectivity index is 2.31. The summed E-state index contributed by atoms with van der Waals surface area (Å²) in [7, 11) is 0. The minimum atomic E-state index is -0.153. The molecule has 2 rings (SSSR count). The van der Waals surface area contributed by atoms with E-state index >= 15 is 0 Å². The first kappa shape index (κ1) is 9.27. The highest BCUT2D eigenvalue weighted by Gasteiger charge is 2.16. The van der Waals surface area contributed by atoms with E-state index in [1.165, 1.54) is 0 Å². The van der Waals surface area contributed by atoms with Crippen LogP contribution < -0.4 is 11.3 Å². The first-order valence-corrected chi connectivity index (χ1v) is 4.87. The number of hydrogen-bond donors (Lipinski definition) is 1. The molecular formula is C10H14N2O2. The zero-order valence-corrected chi connectivity index (χ0v) is 7.98. The van der Waals surface area contributed by atoms with Crippen LogP contribution in [0.25, 0.3) is 0 Å². The van der Waals surface area contributed by atoms with Crippen molar-refractivity contribution < 1.29 is 4.74 Å². The molecule has 4 nitrogen and oxygen atoms in total. The van der Waals surface area contributed by atoms with E-state index in [4.69, 9.17) is 10.5 Å². The fourth-order valence-electron chi connectivity index (χ4n) is 1.70. The van der Waals surface area contributed by atoms with Gasteiger partial charge in [-0.05, 0) is 31.4 Å². The molecule has 1 aliphatic heterocycles. The van der Waals surface area contributed by atoms with Crippen molar-refractivity contribution in [2.45, 2.75) is 25.5 Å². The molecule has 0 radical (unpaired) electrons. The first-order valence-electron chi connectivity index (χ1n) is 4.87. The number of pyridine rings is 1. The van der Waals surface area contributed by atoms with Crippen molar-refractivity contribution >= 4 is 5.69 Å². The lowest BCUT2D eigenvalue weighted by Gasteiger charge is -2.24. The van der Waals surface area contributed by atoms with Crippen LogP contribution in [0.3, 0.4) is 0 Å². The monoisotopic (exact) mass is 194 g/mol. The lowest BCUT2D eigenvalue weighted by Crippen LogP contribution is -2.29. The molecule has 14 heavy (non-hydrogen) atoms. The molecule has 0 aromatic carbocycles. The molecule has 1 atom stereocenters. The predicted octanol–water partition coefficient (Wildman–Crippen LogP) is 1.13. The standard InChI is InChI=1S/C10H14N2O2/c11-8-4-3-6-12(10(8)13)9-5-1-2-7-14-9/h3-4,6,9H,1-2,5,7,11H2/t9-/m0/s1. The average molecular weight is 194 g/mol. The number of nitrogen functional groups attached to an aromatic ring is 1. The topological polar surface area (TPSA) is 57.2 Å². The molecule has 0 bridgehead atoms. The van der Waals surface area contributed by atoms with Gasteiger partial charge in [-0.3, -0.25) is 9.36 Å². The van der Waals surface area contributed by atoms with Crippen molar-refractivity contribution in [2.75, 3.05) is 12.3 Å². The van der Waals surface area contributed by atoms with E-state index in [-0.39, 0.29) is 17.5 Å². The third kappa shape index (κ3) is 1.65. The van der Waals surface area contributed by atoms with Gasteiger partial charge in [0.2, 0.25) is 0 Å². The number of ether oxygens (including phenoxy) is 1. The summed E-state index contributed by atoms with van der Waals surface area (Å²) in [5.74, 6) is 0. The van der Waals surface area contributed by atoms with Crippen LogP contribution in [0.1, 0.15) is 25.5 Å². The average Bonchev–Trinajstić information content (AvgIpc) is 2.23. The van der Waals surface area contributed by atoms with E-state index in [0.717, 1.165) is 25.9 Å². The third-order valence-electron chi connectivity index (χ3n) is 2.47. The van der Waals surface area contributed by atoms with Crippen molar-refractivity contribution in [3.05, 3.63) is 28.7 Å². The Morgan fingerprint density at radius 3 is 3.07 bits per heavy atom. The molecule has 0 amide bonds. The van der Waals surface area contributed by atoms with Crippen molar-refractivity contribution in [1.29, 1.82) is 0 Å². The minimum absolute atomic E-state index is 0.125. The zero-order valence-electron chi connectivity index (χ0n) is 7.98. The Bertz CT molecular complexity index is 367. The summed E-state index contributed by atoms with van der Waals surface area (Å²) in [6.07, 6.45) is 4.68. The van der Waals surface area contributed by atoms with E-state index in [9.17, 15) is 4.79 Å². The van der Waals surface area contributed by atoms with Gasteiger partial charge < -0.3 is 10.5 Å². The van der Waals surface area contributed by atoms with Gasteiger partial charge in [0.1, 0.15) is 6.23 Å². The summed E-state index contributed by atoms with van der Waals surface area (Å²) in [6, 6.07) is 3.39. The van der Waals surface area contributed by atoms with E-state index in [1.807, 2.05) is 0 Å². The van der Waals surface area contributed by atoms with Gasteiger partial charge in [0.15, 0.2) is 0 Å². The van der Waals surface area contributed by atoms with E-state index in [0.29, 0.717) is 0 Å². The van der Waals surface area contributed by atoms with Crippen LogP contribution in [-0.2, 0) is 4.74 Å². The highest BCUT2D eigenvalue weighted by atomic mass is 16.5. The molecule has 4 heteroatoms. The smallest absolute Gasteiger partial charge is 0.275 e. The summed E-state index contributed by atoms with van der Waals surface area (Å²) < 4.78 is 7.09. The molecule has 76 valence electrons. The van der Waals surface area contributed by atoms with Crippen LogP contribution in [0.4, 0.5) is 5.69 Å². The highest BCUT2D eigenvalue weighted by Crippen LogP contribution is 2.20. The molecule has 0 aliphatic carbocycles. The Morgan fingerprint density at radius 1 is 1.50 bits per heavy atom. The van der Waals surface area contributed by atoms with Crippen LogP contribution in [-0.4, -0.2) is 11.2 Å². The molecule has 0 unspecified atom stereocenters. The van der Waals surface area contributed by atoms with Gasteiger partial charge in [-0.1, -0.05) is 0 Å². The van der Waals surface area contributed by atoms with Crippen LogP contribution in [0.2, 0.25) is 0 Å². The van der Waals surface area contributed by atoms with Crippen molar-refractivity contribution in [3.63, 3.8) is 0 Å². The van der Waals surface area contributed by atoms with Gasteiger partial charge in [0.05, 0.1) is 5.69 Å². The minimum Gasteiger partial charge on any atom is -0.394 e. The summed E-state index contributed by atoms with van der Waals surface area (Å²) in [5.41, 5.74) is 5.66. The van der Waals surface area contributed by atoms with Gasteiger partial charge in [0.25, 0.3) is 5.56 Å². The second-order valence-electron chi connectivity index (χ2n) is 3.50. The number of rotatable bonds is 1. The van der Waals surface area contributed by atoms with Crippen LogP contribution in [0, 0.1) is 0 Å². The molecule has 0 saturated carbocycles. The third-order valence-corrected chi connectivity index (χ3v) is 2.47. The van der Waals surface area contributed by atoms with Gasteiger partial charge in [-0.15, -0.1) is 0 Å². The number of aromatic nitrogens is 1. The van der Waals surface area contributed by atoms with Gasteiger partial charge in [0, 0.05) is 12.8 Å². The lowest BCUT2D eigenvalue weighted by molar-refractivity contribution is -0.0339. The summed E-state index contributed by atoms with van der Waals surface area (Å²) >= 11 is 0. The predicted molar refractivity (Wildman–Crippen MR) is 54.0 cm³/mol. The number of anilines is 1. The van der Waals surface area contributed by atoms with Crippen LogP contribution >= 0.6 is 0 Å². The molecule has 1 saturated heterocycles. The van der Waals surface area contributed by atoms with Gasteiger partial charge >= 0.3 is 0 Å². The summed E-state index contributed by atoms with van der Waals surface area (Å²) in [4.78, 5) is 11.6. The van der Waals surface area contributed by atoms with Crippen molar-refractivity contribution in [1.82, 2.24) is 4.57 Å². The lowest BCUT2D eigenvalue weighted by atomic mass is 10.2. The van der Waals surface area contributed by atoms with Crippen LogP contribution in [0.5, 0.6) is 0 Å². The molecule has 1 fully saturated rings. The molecule has 0 spiro atoms. The largest absolute Gasteiger partial charge is 0.394 e. The van der Waals surface area contributed by atoms with Crippen molar-refractivity contribution in [3.8, 4) is 0 Å². The van der Waals surface area contributed by atoms with E-state index < -0.39 is 0 Å². The van der Waals surface area contributed by atoms with E-state index in [1.54, 1.807) is 22.9 Å². The Labute approximate surface area is 82.3 Å². The first-order chi connectivity index (χ1) is 6.79. The maximum Gasteiger partial charge on any atom is 0.275 e. The second-order valence-corrected chi connectivity index (χ2v) is 3.50. The number of hydrogen-bond acceptors (Lipinski definition) is 3. The van der Waals surface area contributed by atoms with E-state index in [2.05, 4.69) is 0 Å². The number of nitrogens with two attached hydrogens (primary N) is 1. The Kier molecular flexibility index (Phi) is 2.54. The second kappa shape index (κ2) is 3.84. The Morgan fingerprint density at radius 2 is 2.36 bits per heavy atom. The quantitative estimate of drug-likeness (QED) is 0.729. The molecule has 1 aromatic rings. The molecule has 1 aromatic heterocycles. The molecule has 1 aliphatic rings. The zero-order chi connectivity index (χ0) is 9.97. The number of nitrogens with zero attached hydrogens (tertiary/aromatic N) is 1. The summed E-state index contributed by atoms with van der Waals surface area (Å²) in [5, 5.41) is 0. The highest BCUT2D eigenvalue weighted by molar-refractivity contribution is 5.33. The normalized spacial score (nSPS) is 22.1. The van der Waals surface area contributed by atoms with Crippen molar-refractivity contribution in [2.24, 2.45) is 0 Å². The fraction of sp³-hybridized carbons (Fsp3) is 0.500. The SMILES string of the molecule is Nc1cccn([C@@H]2CCCCO2)c1=O. The van der Waals surface area contributed by atoms with Gasteiger partial charge in [-0.2, -0.15) is 0 Å². The summed E-state index contributed by atoms with van der Waals surface area (Å²) in [6.45, 7) is 0.728. The molecule has 2 N–H and O–H groups in total. The van der Waals surface area contributed by atoms with Gasteiger partial charge in [-0.25, -0.2) is 0 Å². The maximum absolute atomic E-state index is 11.6. The Hall–Kier alpha value is -1.29. The molecule has 2 heterocycles. The van der Waals surface area contributed by atoms with Crippen LogP contribution in [0.15, 0.2) is 23.1 Å². The maximum atomic E-state index is 11.6.